The maximum absolute atomic E-state index is 9.75. The van der Waals surface area contributed by atoms with Gasteiger partial charge in [0.1, 0.15) is 5.75 Å². The summed E-state index contributed by atoms with van der Waals surface area (Å²) in [4.78, 5) is 0. The number of rotatable bonds is 2. The predicted molar refractivity (Wildman–Crippen MR) is 106 cm³/mol. The molecule has 0 saturated carbocycles. The molecule has 7 heteroatoms. The van der Waals surface area contributed by atoms with Gasteiger partial charge in [-0.2, -0.15) is 0 Å². The summed E-state index contributed by atoms with van der Waals surface area (Å²) in [5.74, 6) is 1.06. The standard InChI is InChI=1S/C18H14O2.4ClH.Fe/c1-13-12-15-7-3-5-9-18(15)20-17(13)11-10-14-6-2-4-8-16(14)19;;;;;/h2-12H,1H3;4*1H;/q;;;;;+3/p-3/b11-10+;;;;;. The molecule has 0 aliphatic carbocycles. The summed E-state index contributed by atoms with van der Waals surface area (Å²) in [6.07, 6.45) is 3.74. The number of hydrogen-bond acceptors (Lipinski definition) is 1. The zero-order chi connectivity index (χ0) is 18.4. The van der Waals surface area contributed by atoms with E-state index in [1.807, 2.05) is 55.5 Å². The second kappa shape index (κ2) is 9.14. The second-order valence-corrected chi connectivity index (χ2v) is 16.0. The van der Waals surface area contributed by atoms with Crippen molar-refractivity contribution in [1.82, 2.24) is 0 Å². The average molecular weight is 461 g/mol. The van der Waals surface area contributed by atoms with E-state index >= 15 is 0 Å². The summed E-state index contributed by atoms with van der Waals surface area (Å²) in [7, 11) is 17.2. The minimum absolute atomic E-state index is 0.266. The first-order valence-electron chi connectivity index (χ1n) is 7.06. The number of aromatic hydroxyl groups is 1. The van der Waals surface area contributed by atoms with Gasteiger partial charge in [0.25, 0.3) is 0 Å². The summed E-state index contributed by atoms with van der Waals surface area (Å²) in [5, 5.41) is 10.8. The Hall–Kier alpha value is -0.931. The molecule has 1 aromatic heterocycles. The van der Waals surface area contributed by atoms with Gasteiger partial charge < -0.3 is 5.11 Å². The third-order valence-corrected chi connectivity index (χ3v) is 3.25. The van der Waals surface area contributed by atoms with Crippen LogP contribution in [0.2, 0.25) is 0 Å². The number of aryl methyl sites for hydroxylation is 1. The van der Waals surface area contributed by atoms with E-state index < -0.39 is 9.20 Å². The Bertz CT molecular complexity index is 886. The molecule has 25 heavy (non-hydrogen) atoms. The van der Waals surface area contributed by atoms with Crippen molar-refractivity contribution in [2.45, 2.75) is 6.92 Å². The summed E-state index contributed by atoms with van der Waals surface area (Å²) in [6, 6.07) is 17.3. The van der Waals surface area contributed by atoms with Crippen LogP contribution < -0.4 is 0 Å². The number of benzene rings is 2. The fourth-order valence-electron chi connectivity index (χ4n) is 2.16. The molecule has 0 bridgehead atoms. The minimum atomic E-state index is -2.61. The molecule has 0 unspecified atom stereocenters. The Morgan fingerprint density at radius 3 is 2.20 bits per heavy atom. The third kappa shape index (κ3) is 7.07. The van der Waals surface area contributed by atoms with E-state index in [-0.39, 0.29) is 5.75 Å². The molecular formula is C18H15Cl4FeO2. The van der Waals surface area contributed by atoms with Gasteiger partial charge in [-0.3, -0.25) is 0 Å². The Labute approximate surface area is 165 Å². The molecule has 3 rings (SSSR count). The SMILES string of the molecule is Cc1cc2ccccc2[o+]c1/C=C/c1ccccc1O.[Cl][Fe-]([Cl])([Cl])[Cl]. The van der Waals surface area contributed by atoms with Crippen LogP contribution in [0.4, 0.5) is 0 Å². The molecule has 0 saturated heterocycles. The Morgan fingerprint density at radius 1 is 0.920 bits per heavy atom. The third-order valence-electron chi connectivity index (χ3n) is 3.25. The predicted octanol–water partition coefficient (Wildman–Crippen LogP) is 7.65. The Balaban J connectivity index is 0.000000399. The van der Waals surface area contributed by atoms with Crippen LogP contribution in [0.3, 0.4) is 0 Å². The van der Waals surface area contributed by atoms with E-state index in [0.717, 1.165) is 27.9 Å². The number of phenols is 1. The van der Waals surface area contributed by atoms with Crippen molar-refractivity contribution in [2.24, 2.45) is 0 Å². The van der Waals surface area contributed by atoms with Gasteiger partial charge in [-0.25, -0.2) is 4.42 Å². The van der Waals surface area contributed by atoms with Crippen molar-refractivity contribution in [3.8, 4) is 5.75 Å². The number of hydrogen-bond donors (Lipinski definition) is 1. The Morgan fingerprint density at radius 2 is 1.52 bits per heavy atom. The molecule has 0 spiro atoms. The van der Waals surface area contributed by atoms with Crippen molar-refractivity contribution >= 4 is 63.5 Å². The van der Waals surface area contributed by atoms with Crippen LogP contribution in [-0.4, -0.2) is 5.11 Å². The van der Waals surface area contributed by atoms with Gasteiger partial charge in [-0.15, -0.1) is 0 Å². The first-order chi connectivity index (χ1) is 11.7. The first kappa shape index (κ1) is 20.4. The van der Waals surface area contributed by atoms with Gasteiger partial charge >= 0.3 is 60.9 Å². The van der Waals surface area contributed by atoms with Crippen molar-refractivity contribution in [3.63, 3.8) is 0 Å². The molecule has 1 N–H and O–H groups in total. The van der Waals surface area contributed by atoms with Gasteiger partial charge in [-0.1, -0.05) is 30.3 Å². The number of phenolic OH excluding ortho intramolecular Hbond substituents is 1. The van der Waals surface area contributed by atoms with Gasteiger partial charge in [-0.05, 0) is 31.2 Å². The topological polar surface area (TPSA) is 31.5 Å². The zero-order valence-electron chi connectivity index (χ0n) is 13.1. The van der Waals surface area contributed by atoms with Gasteiger partial charge in [0.15, 0.2) is 0 Å². The van der Waals surface area contributed by atoms with Gasteiger partial charge in [0.2, 0.25) is 0 Å². The molecule has 1 heterocycles. The van der Waals surface area contributed by atoms with Crippen molar-refractivity contribution < 1.29 is 18.7 Å². The normalized spacial score (nSPS) is 12.0. The fraction of sp³-hybridized carbons (Fsp3) is 0.0556. The van der Waals surface area contributed by atoms with Crippen molar-refractivity contribution in [1.29, 1.82) is 0 Å². The van der Waals surface area contributed by atoms with Crippen molar-refractivity contribution in [2.75, 3.05) is 0 Å². The van der Waals surface area contributed by atoms with E-state index in [1.165, 1.54) is 0 Å². The van der Waals surface area contributed by atoms with E-state index in [4.69, 9.17) is 44.8 Å². The van der Waals surface area contributed by atoms with Crippen molar-refractivity contribution in [3.05, 3.63) is 71.5 Å². The van der Waals surface area contributed by atoms with Crippen LogP contribution in [-0.2, 0) is 9.20 Å². The molecule has 0 radical (unpaired) electrons. The molecule has 0 amide bonds. The van der Waals surface area contributed by atoms with Crippen LogP contribution in [0.25, 0.3) is 23.1 Å². The molecule has 135 valence electrons. The average Bonchev–Trinajstić information content (AvgIpc) is 2.52. The summed E-state index contributed by atoms with van der Waals surface area (Å²) >= 11 is 0. The molecule has 2 nitrogen and oxygen atoms in total. The molecular weight excluding hydrogens is 446 g/mol. The van der Waals surface area contributed by atoms with Crippen LogP contribution in [0, 0.1) is 6.92 Å². The molecule has 0 aliphatic heterocycles. The van der Waals surface area contributed by atoms with E-state index in [9.17, 15) is 5.11 Å². The monoisotopic (exact) mass is 459 g/mol. The Kier molecular flexibility index (Phi) is 7.45. The van der Waals surface area contributed by atoms with Crippen LogP contribution in [0.15, 0.2) is 59.0 Å². The summed E-state index contributed by atoms with van der Waals surface area (Å²) in [6.45, 7) is 2.01. The summed E-state index contributed by atoms with van der Waals surface area (Å²) < 4.78 is 5.89. The molecule has 0 fully saturated rings. The van der Waals surface area contributed by atoms with E-state index in [2.05, 4.69) is 6.07 Å². The van der Waals surface area contributed by atoms with Crippen LogP contribution in [0.5, 0.6) is 5.75 Å². The van der Waals surface area contributed by atoms with Gasteiger partial charge in [0, 0.05) is 17.7 Å². The second-order valence-electron chi connectivity index (χ2n) is 5.03. The zero-order valence-corrected chi connectivity index (χ0v) is 17.2. The molecule has 2 aromatic carbocycles. The van der Waals surface area contributed by atoms with Crippen LogP contribution in [0.1, 0.15) is 16.9 Å². The molecule has 0 aliphatic rings. The first-order valence-corrected chi connectivity index (χ1v) is 13.1. The number of para-hydroxylation sites is 2. The number of halogens is 4. The fourth-order valence-corrected chi connectivity index (χ4v) is 2.16. The molecule has 0 atom stereocenters. The molecule has 3 aromatic rings. The van der Waals surface area contributed by atoms with Gasteiger partial charge in [0.05, 0.1) is 10.9 Å². The quantitative estimate of drug-likeness (QED) is 0.314. The van der Waals surface area contributed by atoms with E-state index in [1.54, 1.807) is 12.1 Å². The van der Waals surface area contributed by atoms with E-state index in [0.29, 0.717) is 0 Å². The van der Waals surface area contributed by atoms with Crippen LogP contribution >= 0.6 is 40.4 Å². The summed E-state index contributed by atoms with van der Waals surface area (Å²) in [5.41, 5.74) is 2.70. The number of fused-ring (bicyclic) bond motifs is 1. The maximum atomic E-state index is 9.75.